The Bertz CT molecular complexity index is 2900. The van der Waals surface area contributed by atoms with E-state index in [1.165, 1.54) is 34.1 Å². The molecule has 5 aromatic rings. The lowest BCUT2D eigenvalue weighted by Gasteiger charge is -2.41. The molecule has 0 unspecified atom stereocenters. The fraction of sp³-hybridized carbons (Fsp3) is 0.429. The molecule has 18 heteroatoms. The maximum absolute atomic E-state index is 13.9. The minimum atomic E-state index is -4.01. The van der Waals surface area contributed by atoms with Gasteiger partial charge in [0.1, 0.15) is 48.2 Å². The van der Waals surface area contributed by atoms with Crippen molar-refractivity contribution < 1.29 is 62.1 Å². The van der Waals surface area contributed by atoms with E-state index < -0.39 is 71.3 Å². The van der Waals surface area contributed by atoms with Gasteiger partial charge >= 0.3 is 12.2 Å². The summed E-state index contributed by atoms with van der Waals surface area (Å²) < 4.78 is 61.1. The van der Waals surface area contributed by atoms with Crippen LogP contribution in [0.5, 0.6) is 5.75 Å². The molecular weight excluding hydrogens is 972 g/mol. The molecule has 0 radical (unpaired) electrons. The topological polar surface area (TPSA) is 210 Å². The number of halogens is 1. The molecule has 1 saturated carbocycles. The molecule has 4 atom stereocenters. The first-order valence-electron chi connectivity index (χ1n) is 25.5. The zero-order chi connectivity index (χ0) is 51.9. The lowest BCUT2D eigenvalue weighted by atomic mass is 9.90. The van der Waals surface area contributed by atoms with Gasteiger partial charge in [-0.25, -0.2) is 22.4 Å². The van der Waals surface area contributed by atoms with Crippen LogP contribution < -0.4 is 9.64 Å². The number of likely N-dealkylation sites (tertiary alicyclic amines) is 1. The number of benzene rings is 5. The molecule has 3 saturated heterocycles. The van der Waals surface area contributed by atoms with Crippen LogP contribution in [0.15, 0.2) is 114 Å². The maximum atomic E-state index is 13.9. The maximum Gasteiger partial charge on any atom is 0.415 e. The van der Waals surface area contributed by atoms with Gasteiger partial charge in [0.2, 0.25) is 10.0 Å². The van der Waals surface area contributed by atoms with Crippen LogP contribution in [0.4, 0.5) is 19.7 Å². The Morgan fingerprint density at radius 3 is 2.09 bits per heavy atom. The lowest BCUT2D eigenvalue weighted by molar-refractivity contribution is -0.119. The van der Waals surface area contributed by atoms with Crippen LogP contribution in [0.1, 0.15) is 66.7 Å². The number of aliphatic hydroxyl groups is 5. The standard InChI is InChI=1S/C56H63FN4O12S/c1-2-71-51-26-47(37-13-15-39(57)16-14-37)46(36-11-12-36)25-38(51)30-58-23-21-56(22-24-58)34-61(55(68)73-56)40-17-19-41(20-18-40)74(69,70)60-28-35(29-60)27-59(31-49(63)52(65)53(66)50(64)32-62)54(67)72-33-48-44-9-5-3-7-42(44)43-8-4-6-10-45(43)48/h3-10,13-20,25-26,35-36,48-50,52-53,62-66H,2,11-12,21-24,27-34H2,1H3/t49-,50+,52+,53+/m0/s1. The van der Waals surface area contributed by atoms with Crippen molar-refractivity contribution in [2.45, 2.75) is 85.9 Å². The number of hydrogen-bond acceptors (Lipinski definition) is 13. The highest BCUT2D eigenvalue weighted by Crippen LogP contribution is 2.48. The van der Waals surface area contributed by atoms with Gasteiger partial charge in [0.15, 0.2) is 0 Å². The molecule has 5 aliphatic rings. The molecule has 4 fully saturated rings. The lowest BCUT2D eigenvalue weighted by Crippen LogP contribution is -2.56. The second kappa shape index (κ2) is 21.3. The SMILES string of the molecule is CCOc1cc(-c2ccc(F)cc2)c(C2CC2)cc1CN1CCC2(CC1)CN(c1ccc(S(=O)(=O)N3CC(CN(C[C@H](O)[C@@H](O)[C@H](O)[C@H](O)CO)C(=O)OCC4c5ccccc5-c5ccccc54)C3)cc1)C(=O)O2. The molecule has 16 nitrogen and oxygen atoms in total. The minimum Gasteiger partial charge on any atom is -0.494 e. The fourth-order valence-electron chi connectivity index (χ4n) is 11.0. The quantitative estimate of drug-likeness (QED) is 0.0637. The number of fused-ring (bicyclic) bond motifs is 3. The van der Waals surface area contributed by atoms with E-state index in [0.29, 0.717) is 57.2 Å². The summed E-state index contributed by atoms with van der Waals surface area (Å²) in [4.78, 5) is 32.4. The summed E-state index contributed by atoms with van der Waals surface area (Å²) in [6.45, 7) is 3.34. The van der Waals surface area contributed by atoms with Crippen LogP contribution >= 0.6 is 0 Å². The molecule has 392 valence electrons. The molecule has 0 bridgehead atoms. The Hall–Kier alpha value is -5.96. The number of amides is 2. The highest BCUT2D eigenvalue weighted by atomic mass is 32.2. The average Bonchev–Trinajstić information content (AvgIpc) is 4.13. The largest absolute Gasteiger partial charge is 0.494 e. The number of ether oxygens (including phenoxy) is 3. The fourth-order valence-corrected chi connectivity index (χ4v) is 12.6. The van der Waals surface area contributed by atoms with Gasteiger partial charge < -0.3 is 44.6 Å². The Morgan fingerprint density at radius 1 is 0.838 bits per heavy atom. The van der Waals surface area contributed by atoms with Crippen molar-refractivity contribution in [2.24, 2.45) is 5.92 Å². The number of piperidine rings is 1. The highest BCUT2D eigenvalue weighted by molar-refractivity contribution is 7.89. The molecule has 5 aromatic carbocycles. The Balaban J connectivity index is 0.754. The van der Waals surface area contributed by atoms with E-state index in [1.54, 1.807) is 17.0 Å². The van der Waals surface area contributed by atoms with Crippen molar-refractivity contribution in [1.29, 1.82) is 0 Å². The molecule has 2 aliphatic carbocycles. The second-order valence-electron chi connectivity index (χ2n) is 20.4. The van der Waals surface area contributed by atoms with Crippen molar-refractivity contribution in [3.05, 3.63) is 137 Å². The second-order valence-corrected chi connectivity index (χ2v) is 22.3. The molecule has 3 heterocycles. The van der Waals surface area contributed by atoms with Gasteiger partial charge in [-0.1, -0.05) is 60.7 Å². The molecule has 5 N–H and O–H groups in total. The summed E-state index contributed by atoms with van der Waals surface area (Å²) in [5.74, 6) is 0.309. The van der Waals surface area contributed by atoms with Gasteiger partial charge in [0.05, 0.1) is 31.2 Å². The Labute approximate surface area is 430 Å². The number of nitrogens with zero attached hydrogens (tertiary/aromatic N) is 4. The van der Waals surface area contributed by atoms with E-state index in [1.807, 2.05) is 67.6 Å². The monoisotopic (exact) mass is 1030 g/mol. The number of anilines is 1. The highest BCUT2D eigenvalue weighted by Gasteiger charge is 2.48. The number of carbonyl (C=O) groups is 2. The van der Waals surface area contributed by atoms with E-state index in [0.717, 1.165) is 62.4 Å². The van der Waals surface area contributed by atoms with Crippen molar-refractivity contribution in [3.8, 4) is 28.0 Å². The number of carbonyl (C=O) groups excluding carboxylic acids is 2. The van der Waals surface area contributed by atoms with Crippen molar-refractivity contribution in [1.82, 2.24) is 14.1 Å². The summed E-state index contributed by atoms with van der Waals surface area (Å²) in [5, 5.41) is 51.2. The van der Waals surface area contributed by atoms with E-state index >= 15 is 0 Å². The normalized spacial score (nSPS) is 19.6. The van der Waals surface area contributed by atoms with E-state index in [9.17, 15) is 47.9 Å². The van der Waals surface area contributed by atoms with Crippen molar-refractivity contribution >= 4 is 27.9 Å². The number of hydrogen-bond donors (Lipinski definition) is 5. The molecule has 74 heavy (non-hydrogen) atoms. The number of sulfonamides is 1. The molecule has 0 aromatic heterocycles. The summed E-state index contributed by atoms with van der Waals surface area (Å²) in [5.41, 5.74) is 8.18. The summed E-state index contributed by atoms with van der Waals surface area (Å²) in [6, 6.07) is 32.7. The van der Waals surface area contributed by atoms with Crippen molar-refractivity contribution in [3.63, 3.8) is 0 Å². The van der Waals surface area contributed by atoms with Crippen LogP contribution in [0.3, 0.4) is 0 Å². The van der Waals surface area contributed by atoms with Gasteiger partial charge in [0, 0.05) is 75.2 Å². The van der Waals surface area contributed by atoms with Crippen LogP contribution in [0.2, 0.25) is 0 Å². The smallest absolute Gasteiger partial charge is 0.415 e. The van der Waals surface area contributed by atoms with Gasteiger partial charge in [-0.05, 0) is 113 Å². The summed E-state index contributed by atoms with van der Waals surface area (Å²) >= 11 is 0. The van der Waals surface area contributed by atoms with Crippen LogP contribution in [-0.4, -0.2) is 156 Å². The zero-order valence-corrected chi connectivity index (χ0v) is 42.0. The molecular formula is C56H63FN4O12S. The third-order valence-corrected chi connectivity index (χ3v) is 17.2. The predicted molar refractivity (Wildman–Crippen MR) is 272 cm³/mol. The third-order valence-electron chi connectivity index (χ3n) is 15.4. The minimum absolute atomic E-state index is 0.0145. The Kier molecular flexibility index (Phi) is 14.9. The molecule has 2 amide bonds. The third kappa shape index (κ3) is 10.5. The van der Waals surface area contributed by atoms with Gasteiger partial charge in [-0.2, -0.15) is 4.31 Å². The predicted octanol–water partition coefficient (Wildman–Crippen LogP) is 6.07. The molecule has 10 rings (SSSR count). The summed E-state index contributed by atoms with van der Waals surface area (Å²) in [7, 11) is -4.01. The van der Waals surface area contributed by atoms with Gasteiger partial charge in [0.25, 0.3) is 0 Å². The number of rotatable bonds is 19. The first-order valence-corrected chi connectivity index (χ1v) is 26.9. The average molecular weight is 1040 g/mol. The van der Waals surface area contributed by atoms with Crippen molar-refractivity contribution in [2.75, 3.05) is 70.5 Å². The first kappa shape index (κ1) is 51.5. The molecule has 1 spiro atoms. The van der Waals surface area contributed by atoms with E-state index in [2.05, 4.69) is 17.0 Å². The summed E-state index contributed by atoms with van der Waals surface area (Å²) in [6.07, 6.45) is -5.25. The molecule has 3 aliphatic heterocycles. The number of aliphatic hydroxyl groups excluding tert-OH is 5. The van der Waals surface area contributed by atoms with E-state index in [4.69, 9.17) is 14.2 Å². The first-order chi connectivity index (χ1) is 35.6. The van der Waals surface area contributed by atoms with Crippen LogP contribution in [-0.2, 0) is 26.0 Å². The van der Waals surface area contributed by atoms with E-state index in [-0.39, 0.29) is 42.9 Å². The van der Waals surface area contributed by atoms with Crippen LogP contribution in [0, 0.1) is 11.7 Å². The van der Waals surface area contributed by atoms with Crippen LogP contribution in [0.25, 0.3) is 22.3 Å². The Morgan fingerprint density at radius 2 is 1.47 bits per heavy atom. The van der Waals surface area contributed by atoms with Gasteiger partial charge in [-0.15, -0.1) is 0 Å². The zero-order valence-electron chi connectivity index (χ0n) is 41.2. The van der Waals surface area contributed by atoms with Gasteiger partial charge in [-0.3, -0.25) is 9.80 Å².